The minimum atomic E-state index is -0.798. The van der Waals surface area contributed by atoms with Gasteiger partial charge in [-0.25, -0.2) is 8.78 Å². The Morgan fingerprint density at radius 1 is 1.12 bits per heavy atom. The van der Waals surface area contributed by atoms with Gasteiger partial charge in [-0.1, -0.05) is 6.07 Å². The van der Waals surface area contributed by atoms with E-state index in [1.165, 1.54) is 22.3 Å². The highest BCUT2D eigenvalue weighted by Gasteiger charge is 2.40. The summed E-state index contributed by atoms with van der Waals surface area (Å²) < 4.78 is 27.5. The van der Waals surface area contributed by atoms with Gasteiger partial charge in [-0.3, -0.25) is 14.5 Å². The van der Waals surface area contributed by atoms with Crippen molar-refractivity contribution in [2.75, 3.05) is 4.90 Å². The number of halogens is 2. The second-order valence-corrected chi connectivity index (χ2v) is 7.21. The van der Waals surface area contributed by atoms with E-state index in [1.54, 1.807) is 0 Å². The Balaban J connectivity index is 1.88. The number of carbonyl (C=O) groups excluding carboxylic acids is 2. The van der Waals surface area contributed by atoms with Crippen LogP contribution in [0.4, 0.5) is 14.5 Å². The Hall–Kier alpha value is -2.34. The topological polar surface area (TPSA) is 37.4 Å². The summed E-state index contributed by atoms with van der Waals surface area (Å²) in [4.78, 5) is 27.7. The molecule has 4 rings (SSSR count). The number of allylic oxidation sites excluding steroid dienone is 2. The third-order valence-electron chi connectivity index (χ3n) is 4.71. The molecule has 1 atom stereocenters. The Bertz CT molecular complexity index is 889. The fourth-order valence-electron chi connectivity index (χ4n) is 3.67. The molecular weight excluding hydrogens is 344 g/mol. The summed E-state index contributed by atoms with van der Waals surface area (Å²) in [6.07, 6.45) is 1.71. The largest absolute Gasteiger partial charge is 0.294 e. The number of thiophene rings is 1. The molecule has 6 heteroatoms. The van der Waals surface area contributed by atoms with E-state index < -0.39 is 11.6 Å². The lowest BCUT2D eigenvalue weighted by molar-refractivity contribution is -0.119. The van der Waals surface area contributed by atoms with E-state index in [0.717, 1.165) is 17.0 Å². The van der Waals surface area contributed by atoms with Crippen molar-refractivity contribution in [1.29, 1.82) is 0 Å². The molecular formula is C19H15F2NO2S. The van der Waals surface area contributed by atoms with Crippen molar-refractivity contribution in [2.45, 2.75) is 31.6 Å². The molecule has 2 aliphatic rings. The number of hydrogen-bond acceptors (Lipinski definition) is 3. The lowest BCUT2D eigenvalue weighted by Crippen LogP contribution is -2.40. The number of rotatable bonds is 2. The number of nitrogens with zero attached hydrogens (tertiary/aromatic N) is 1. The normalized spacial score (nSPS) is 20.9. The molecule has 0 bridgehead atoms. The average molecular weight is 359 g/mol. The smallest absolute Gasteiger partial charge is 0.232 e. The van der Waals surface area contributed by atoms with Gasteiger partial charge in [-0.15, -0.1) is 11.3 Å². The van der Waals surface area contributed by atoms with E-state index in [0.29, 0.717) is 30.5 Å². The predicted octanol–water partition coefficient (Wildman–Crippen LogP) is 4.55. The van der Waals surface area contributed by atoms with Crippen LogP contribution in [0.2, 0.25) is 0 Å². The van der Waals surface area contributed by atoms with E-state index in [2.05, 4.69) is 0 Å². The molecule has 3 nitrogen and oxygen atoms in total. The monoisotopic (exact) mass is 359 g/mol. The van der Waals surface area contributed by atoms with Gasteiger partial charge in [0.1, 0.15) is 11.6 Å². The molecule has 1 aliphatic carbocycles. The van der Waals surface area contributed by atoms with Crippen LogP contribution in [0.15, 0.2) is 47.0 Å². The molecule has 0 N–H and O–H groups in total. The number of anilines is 1. The molecule has 0 saturated heterocycles. The van der Waals surface area contributed by atoms with Crippen LogP contribution in [0.5, 0.6) is 0 Å². The van der Waals surface area contributed by atoms with Crippen LogP contribution in [0.3, 0.4) is 0 Å². The Morgan fingerprint density at radius 3 is 2.68 bits per heavy atom. The first-order valence-corrected chi connectivity index (χ1v) is 9.02. The van der Waals surface area contributed by atoms with Crippen LogP contribution in [0.25, 0.3) is 0 Å². The molecule has 25 heavy (non-hydrogen) atoms. The predicted molar refractivity (Wildman–Crippen MR) is 91.4 cm³/mol. The quantitative estimate of drug-likeness (QED) is 0.789. The highest BCUT2D eigenvalue weighted by Crippen LogP contribution is 2.44. The van der Waals surface area contributed by atoms with E-state index in [9.17, 15) is 18.4 Å². The number of hydrogen-bond donors (Lipinski definition) is 0. The summed E-state index contributed by atoms with van der Waals surface area (Å²) in [5, 5.41) is 1.92. The molecule has 2 heterocycles. The number of amides is 1. The molecule has 0 fully saturated rings. The van der Waals surface area contributed by atoms with E-state index in [-0.39, 0.29) is 29.7 Å². The molecule has 2 aromatic rings. The van der Waals surface area contributed by atoms with Crippen LogP contribution >= 0.6 is 11.3 Å². The first-order chi connectivity index (χ1) is 12.1. The first kappa shape index (κ1) is 16.1. The van der Waals surface area contributed by atoms with Crippen molar-refractivity contribution in [3.05, 3.63) is 63.5 Å². The van der Waals surface area contributed by atoms with Crippen molar-refractivity contribution >= 4 is 28.7 Å². The van der Waals surface area contributed by atoms with Gasteiger partial charge >= 0.3 is 0 Å². The van der Waals surface area contributed by atoms with Gasteiger partial charge in [0.2, 0.25) is 5.91 Å². The highest BCUT2D eigenvalue weighted by molar-refractivity contribution is 7.10. The third kappa shape index (κ3) is 2.70. The van der Waals surface area contributed by atoms with Gasteiger partial charge in [0.25, 0.3) is 0 Å². The molecule has 1 aromatic heterocycles. The molecule has 1 aliphatic heterocycles. The average Bonchev–Trinajstić information content (AvgIpc) is 3.10. The second kappa shape index (κ2) is 6.19. The van der Waals surface area contributed by atoms with Crippen molar-refractivity contribution in [3.63, 3.8) is 0 Å². The van der Waals surface area contributed by atoms with Crippen molar-refractivity contribution < 1.29 is 18.4 Å². The van der Waals surface area contributed by atoms with Crippen molar-refractivity contribution in [3.8, 4) is 0 Å². The lowest BCUT2D eigenvalue weighted by Gasteiger charge is -2.38. The van der Waals surface area contributed by atoms with Crippen LogP contribution in [-0.2, 0) is 9.59 Å². The summed E-state index contributed by atoms with van der Waals surface area (Å²) in [6, 6.07) is 6.96. The third-order valence-corrected chi connectivity index (χ3v) is 5.70. The Labute approximate surface area is 147 Å². The number of carbonyl (C=O) groups is 2. The molecule has 0 saturated carbocycles. The summed E-state index contributed by atoms with van der Waals surface area (Å²) in [5.41, 5.74) is 1.19. The number of benzene rings is 1. The van der Waals surface area contributed by atoms with Gasteiger partial charge in [0.05, 0.1) is 5.69 Å². The maximum atomic E-state index is 14.3. The van der Waals surface area contributed by atoms with E-state index in [4.69, 9.17) is 0 Å². The zero-order chi connectivity index (χ0) is 17.6. The van der Waals surface area contributed by atoms with Crippen LogP contribution in [0, 0.1) is 11.6 Å². The van der Waals surface area contributed by atoms with Crippen LogP contribution in [0.1, 0.15) is 36.5 Å². The first-order valence-electron chi connectivity index (χ1n) is 8.14. The van der Waals surface area contributed by atoms with Crippen LogP contribution in [-0.4, -0.2) is 11.7 Å². The second-order valence-electron chi connectivity index (χ2n) is 6.23. The van der Waals surface area contributed by atoms with Crippen molar-refractivity contribution in [1.82, 2.24) is 0 Å². The fourth-order valence-corrected chi connectivity index (χ4v) is 4.50. The number of ketones is 1. The highest BCUT2D eigenvalue weighted by atomic mass is 32.1. The van der Waals surface area contributed by atoms with E-state index in [1.807, 2.05) is 17.5 Å². The summed E-state index contributed by atoms with van der Waals surface area (Å²) in [7, 11) is 0. The van der Waals surface area contributed by atoms with Gasteiger partial charge in [0.15, 0.2) is 5.78 Å². The lowest BCUT2D eigenvalue weighted by atomic mass is 9.79. The summed E-state index contributed by atoms with van der Waals surface area (Å²) in [6.45, 7) is 0. The minimum Gasteiger partial charge on any atom is -0.294 e. The zero-order valence-corrected chi connectivity index (χ0v) is 14.1. The minimum absolute atomic E-state index is 0.0122. The molecule has 128 valence electrons. The number of Topliss-reactive ketones (excluding diaryl/α,β-unsaturated/α-hetero) is 1. The molecule has 0 radical (unpaired) electrons. The van der Waals surface area contributed by atoms with E-state index >= 15 is 0 Å². The Morgan fingerprint density at radius 2 is 1.96 bits per heavy atom. The summed E-state index contributed by atoms with van der Waals surface area (Å²) >= 11 is 1.51. The van der Waals surface area contributed by atoms with Gasteiger partial charge in [-0.2, -0.15) is 0 Å². The molecule has 0 spiro atoms. The maximum absolute atomic E-state index is 14.3. The standard InChI is InChI=1S/C19H15F2NO2S/c20-11-6-7-14(13(21)9-11)22-15-3-1-4-16(23)19(15)12(10-18(22)24)17-5-2-8-25-17/h2,5-9,12H,1,3-4,10H2/t12-/m0/s1. The maximum Gasteiger partial charge on any atom is 0.232 e. The zero-order valence-electron chi connectivity index (χ0n) is 13.3. The van der Waals surface area contributed by atoms with Gasteiger partial charge in [0, 0.05) is 41.0 Å². The van der Waals surface area contributed by atoms with Gasteiger partial charge in [-0.05, 0) is 36.4 Å². The van der Waals surface area contributed by atoms with Gasteiger partial charge < -0.3 is 0 Å². The SMILES string of the molecule is O=C1CCCC2=C1[C@H](c1cccs1)CC(=O)N2c1ccc(F)cc1F. The molecule has 1 aromatic carbocycles. The Kier molecular flexibility index (Phi) is 4.00. The molecule has 1 amide bonds. The fraction of sp³-hybridized carbons (Fsp3) is 0.263. The summed E-state index contributed by atoms with van der Waals surface area (Å²) in [5.74, 6) is -2.02. The van der Waals surface area contributed by atoms with Crippen molar-refractivity contribution in [2.24, 2.45) is 0 Å². The molecule has 0 unspecified atom stereocenters. The van der Waals surface area contributed by atoms with Crippen LogP contribution < -0.4 is 4.90 Å².